The van der Waals surface area contributed by atoms with Crippen LogP contribution >= 0.6 is 12.2 Å². The summed E-state index contributed by atoms with van der Waals surface area (Å²) in [6, 6.07) is 23.1. The second kappa shape index (κ2) is 8.20. The van der Waals surface area contributed by atoms with E-state index in [0.29, 0.717) is 16.5 Å². The molecular weight excluding hydrogens is 378 g/mol. The molecule has 5 nitrogen and oxygen atoms in total. The predicted octanol–water partition coefficient (Wildman–Crippen LogP) is 4.60. The van der Waals surface area contributed by atoms with Crippen molar-refractivity contribution in [2.24, 2.45) is 0 Å². The highest BCUT2D eigenvalue weighted by molar-refractivity contribution is 7.92. The number of hydrogen-bond donors (Lipinski definition) is 3. The summed E-state index contributed by atoms with van der Waals surface area (Å²) in [7, 11) is -3.65. The third-order valence-corrected chi connectivity index (χ3v) is 5.36. The molecular formula is C20H19N3O2S2. The summed E-state index contributed by atoms with van der Waals surface area (Å²) in [5.41, 5.74) is 3.15. The number of hydrogen-bond acceptors (Lipinski definition) is 3. The van der Waals surface area contributed by atoms with Crippen molar-refractivity contribution in [2.45, 2.75) is 11.8 Å². The molecule has 3 N–H and O–H groups in total. The molecule has 0 spiro atoms. The summed E-state index contributed by atoms with van der Waals surface area (Å²) in [6.07, 6.45) is 0. The molecule has 0 aliphatic carbocycles. The first-order valence-electron chi connectivity index (χ1n) is 8.25. The van der Waals surface area contributed by atoms with Gasteiger partial charge in [0.25, 0.3) is 10.0 Å². The molecule has 0 heterocycles. The van der Waals surface area contributed by atoms with Gasteiger partial charge in [0.1, 0.15) is 0 Å². The Morgan fingerprint density at radius 1 is 0.741 bits per heavy atom. The molecule has 0 unspecified atom stereocenters. The van der Waals surface area contributed by atoms with Gasteiger partial charge in [0, 0.05) is 17.1 Å². The highest BCUT2D eigenvalue weighted by atomic mass is 32.2. The van der Waals surface area contributed by atoms with Crippen molar-refractivity contribution >= 4 is 44.4 Å². The lowest BCUT2D eigenvalue weighted by Gasteiger charge is -2.12. The SMILES string of the molecule is Cc1ccc(NS(=O)(=O)c2ccc(NC(=S)Nc3ccccc3)cc2)cc1. The largest absolute Gasteiger partial charge is 0.332 e. The van der Waals surface area contributed by atoms with E-state index in [-0.39, 0.29) is 4.90 Å². The Hall–Kier alpha value is -2.90. The summed E-state index contributed by atoms with van der Waals surface area (Å²) >= 11 is 5.27. The minimum atomic E-state index is -3.65. The van der Waals surface area contributed by atoms with Crippen LogP contribution in [0.25, 0.3) is 0 Å². The highest BCUT2D eigenvalue weighted by Gasteiger charge is 2.14. The van der Waals surface area contributed by atoms with Crippen LogP contribution in [0.3, 0.4) is 0 Å². The average Bonchev–Trinajstić information content (AvgIpc) is 2.65. The third kappa shape index (κ3) is 5.29. The number of thiocarbonyl (C=S) groups is 1. The van der Waals surface area contributed by atoms with Crippen molar-refractivity contribution < 1.29 is 8.42 Å². The lowest BCUT2D eigenvalue weighted by Crippen LogP contribution is -2.19. The zero-order valence-corrected chi connectivity index (χ0v) is 16.3. The number of nitrogens with one attached hydrogen (secondary N) is 3. The summed E-state index contributed by atoms with van der Waals surface area (Å²) in [4.78, 5) is 0.176. The van der Waals surface area contributed by atoms with E-state index < -0.39 is 10.0 Å². The van der Waals surface area contributed by atoms with Crippen LogP contribution in [0.4, 0.5) is 17.1 Å². The first-order chi connectivity index (χ1) is 12.9. The van der Waals surface area contributed by atoms with Gasteiger partial charge in [-0.3, -0.25) is 4.72 Å². The second-order valence-corrected chi connectivity index (χ2v) is 8.03. The second-order valence-electron chi connectivity index (χ2n) is 5.94. The number of aryl methyl sites for hydroxylation is 1. The molecule has 0 amide bonds. The topological polar surface area (TPSA) is 70.2 Å². The number of para-hydroxylation sites is 1. The molecule has 0 radical (unpaired) electrons. The first kappa shape index (κ1) is 18.9. The van der Waals surface area contributed by atoms with Crippen LogP contribution in [0.5, 0.6) is 0 Å². The molecule has 0 saturated carbocycles. The van der Waals surface area contributed by atoms with Crippen molar-refractivity contribution in [3.8, 4) is 0 Å². The molecule has 3 rings (SSSR count). The maximum Gasteiger partial charge on any atom is 0.261 e. The predicted molar refractivity (Wildman–Crippen MR) is 115 cm³/mol. The summed E-state index contributed by atoms with van der Waals surface area (Å²) in [6.45, 7) is 1.95. The van der Waals surface area contributed by atoms with Crippen LogP contribution in [0.15, 0.2) is 83.8 Å². The van der Waals surface area contributed by atoms with E-state index in [2.05, 4.69) is 15.4 Å². The van der Waals surface area contributed by atoms with Crippen molar-refractivity contribution in [1.29, 1.82) is 0 Å². The smallest absolute Gasteiger partial charge is 0.261 e. The minimum absolute atomic E-state index is 0.176. The van der Waals surface area contributed by atoms with Crippen LogP contribution in [0.2, 0.25) is 0 Å². The molecule has 0 bridgehead atoms. The fourth-order valence-electron chi connectivity index (χ4n) is 2.37. The van der Waals surface area contributed by atoms with E-state index >= 15 is 0 Å². The Kier molecular flexibility index (Phi) is 5.73. The molecule has 3 aromatic carbocycles. The summed E-state index contributed by atoms with van der Waals surface area (Å²) in [5.74, 6) is 0. The lowest BCUT2D eigenvalue weighted by molar-refractivity contribution is 0.601. The lowest BCUT2D eigenvalue weighted by atomic mass is 10.2. The maximum absolute atomic E-state index is 12.5. The van der Waals surface area contributed by atoms with Gasteiger partial charge in [0.05, 0.1) is 4.90 Å². The number of sulfonamides is 1. The molecule has 0 atom stereocenters. The van der Waals surface area contributed by atoms with Gasteiger partial charge in [0.2, 0.25) is 0 Å². The van der Waals surface area contributed by atoms with Crippen LogP contribution in [-0.2, 0) is 10.0 Å². The molecule has 0 aromatic heterocycles. The molecule has 0 fully saturated rings. The fourth-order valence-corrected chi connectivity index (χ4v) is 3.66. The summed E-state index contributed by atoms with van der Waals surface area (Å²) < 4.78 is 27.6. The van der Waals surface area contributed by atoms with E-state index in [0.717, 1.165) is 11.3 Å². The Morgan fingerprint density at radius 3 is 1.85 bits per heavy atom. The highest BCUT2D eigenvalue weighted by Crippen LogP contribution is 2.19. The van der Waals surface area contributed by atoms with E-state index in [1.165, 1.54) is 12.1 Å². The van der Waals surface area contributed by atoms with Gasteiger partial charge < -0.3 is 10.6 Å². The summed E-state index contributed by atoms with van der Waals surface area (Å²) in [5, 5.41) is 6.52. The fraction of sp³-hybridized carbons (Fsp3) is 0.0500. The van der Waals surface area contributed by atoms with Gasteiger partial charge in [-0.25, -0.2) is 8.42 Å². The van der Waals surface area contributed by atoms with Crippen molar-refractivity contribution in [1.82, 2.24) is 0 Å². The molecule has 0 saturated heterocycles. The van der Waals surface area contributed by atoms with Gasteiger partial charge in [-0.05, 0) is 67.7 Å². The molecule has 27 heavy (non-hydrogen) atoms. The monoisotopic (exact) mass is 397 g/mol. The van der Waals surface area contributed by atoms with Crippen LogP contribution in [0, 0.1) is 6.92 Å². The number of benzene rings is 3. The van der Waals surface area contributed by atoms with E-state index in [1.807, 2.05) is 49.4 Å². The normalized spacial score (nSPS) is 10.9. The average molecular weight is 398 g/mol. The quantitative estimate of drug-likeness (QED) is 0.549. The van der Waals surface area contributed by atoms with Gasteiger partial charge in [0.15, 0.2) is 5.11 Å². The Balaban J connectivity index is 1.65. The van der Waals surface area contributed by atoms with Gasteiger partial charge >= 0.3 is 0 Å². The zero-order chi connectivity index (χ0) is 19.3. The Labute approximate surface area is 164 Å². The third-order valence-electron chi connectivity index (χ3n) is 3.76. The van der Waals surface area contributed by atoms with Crippen molar-refractivity contribution in [3.05, 3.63) is 84.4 Å². The van der Waals surface area contributed by atoms with E-state index in [4.69, 9.17) is 12.2 Å². The molecule has 0 aliphatic rings. The van der Waals surface area contributed by atoms with Gasteiger partial charge in [-0.1, -0.05) is 35.9 Å². The van der Waals surface area contributed by atoms with Crippen LogP contribution in [0.1, 0.15) is 5.56 Å². The molecule has 0 aliphatic heterocycles. The minimum Gasteiger partial charge on any atom is -0.332 e. The standard InChI is InChI=1S/C20H19N3O2S2/c1-15-7-9-18(10-8-15)23-27(24,25)19-13-11-17(12-14-19)22-20(26)21-16-5-3-2-4-6-16/h2-14,23H,1H3,(H2,21,22,26). The molecule has 138 valence electrons. The van der Waals surface area contributed by atoms with Crippen LogP contribution < -0.4 is 15.4 Å². The van der Waals surface area contributed by atoms with Crippen molar-refractivity contribution in [3.63, 3.8) is 0 Å². The zero-order valence-electron chi connectivity index (χ0n) is 14.6. The Morgan fingerprint density at radius 2 is 1.26 bits per heavy atom. The Bertz CT molecular complexity index is 1020. The molecule has 3 aromatic rings. The van der Waals surface area contributed by atoms with Gasteiger partial charge in [-0.2, -0.15) is 0 Å². The number of anilines is 3. The number of rotatable bonds is 5. The maximum atomic E-state index is 12.5. The molecule has 7 heteroatoms. The first-order valence-corrected chi connectivity index (χ1v) is 10.1. The van der Waals surface area contributed by atoms with E-state index in [1.54, 1.807) is 24.3 Å². The van der Waals surface area contributed by atoms with E-state index in [9.17, 15) is 8.42 Å². The van der Waals surface area contributed by atoms with Crippen molar-refractivity contribution in [2.75, 3.05) is 15.4 Å². The van der Waals surface area contributed by atoms with Gasteiger partial charge in [-0.15, -0.1) is 0 Å². The van der Waals surface area contributed by atoms with Crippen LogP contribution in [-0.4, -0.2) is 13.5 Å².